The lowest BCUT2D eigenvalue weighted by molar-refractivity contribution is -0.154. The van der Waals surface area contributed by atoms with Crippen LogP contribution in [0, 0.1) is 0 Å². The Morgan fingerprint density at radius 3 is 2.67 bits per heavy atom. The van der Waals surface area contributed by atoms with E-state index in [4.69, 9.17) is 20.3 Å². The molecule has 0 unspecified atom stereocenters. The Morgan fingerprint density at radius 2 is 2.00 bits per heavy atom. The second-order valence-corrected chi connectivity index (χ2v) is 9.63. The van der Waals surface area contributed by atoms with Gasteiger partial charge in [0, 0.05) is 12.7 Å². The summed E-state index contributed by atoms with van der Waals surface area (Å²) in [6, 6.07) is 2.78. The van der Waals surface area contributed by atoms with Crippen LogP contribution in [0.5, 0.6) is 5.75 Å². The van der Waals surface area contributed by atoms with Gasteiger partial charge in [-0.1, -0.05) is 24.7 Å². The van der Waals surface area contributed by atoms with E-state index in [1.807, 2.05) is 6.92 Å². The number of ether oxygens (including phenoxy) is 2. The number of aryl methyl sites for hydroxylation is 1. The van der Waals surface area contributed by atoms with Crippen molar-refractivity contribution in [1.82, 2.24) is 9.55 Å². The fraction of sp³-hybridized carbons (Fsp3) is 0.400. The molecule has 3 aromatic rings. The van der Waals surface area contributed by atoms with Crippen molar-refractivity contribution in [3.63, 3.8) is 0 Å². The Balaban J connectivity index is 1.92. The number of halogens is 3. The molecule has 0 spiro atoms. The van der Waals surface area contributed by atoms with Gasteiger partial charge in [0.05, 0.1) is 34.0 Å². The van der Waals surface area contributed by atoms with E-state index in [1.165, 1.54) is 18.3 Å². The van der Waals surface area contributed by atoms with Crippen molar-refractivity contribution in [2.75, 3.05) is 6.61 Å². The molecular formula is C25H27F3N4O6S. The predicted molar refractivity (Wildman–Crippen MR) is 135 cm³/mol. The number of rotatable bonds is 11. The van der Waals surface area contributed by atoms with Crippen LogP contribution in [-0.2, 0) is 27.0 Å². The highest BCUT2D eigenvalue weighted by Gasteiger charge is 2.32. The van der Waals surface area contributed by atoms with E-state index in [-0.39, 0.29) is 12.4 Å². The smallest absolute Gasteiger partial charge is 0.416 e. The number of pyridine rings is 1. The molecule has 0 bridgehead atoms. The van der Waals surface area contributed by atoms with Crippen LogP contribution in [0.1, 0.15) is 49.0 Å². The average Bonchev–Trinajstić information content (AvgIpc) is 3.21. The molecule has 0 aliphatic heterocycles. The first-order chi connectivity index (χ1) is 18.4. The molecule has 1 amide bonds. The maximum atomic E-state index is 13.5. The minimum atomic E-state index is -4.72. The molecule has 2 aromatic heterocycles. The lowest BCUT2D eigenvalue weighted by Crippen LogP contribution is -2.37. The number of carboxylic acids is 1. The topological polar surface area (TPSA) is 146 Å². The van der Waals surface area contributed by atoms with E-state index in [9.17, 15) is 27.6 Å². The summed E-state index contributed by atoms with van der Waals surface area (Å²) in [5.41, 5.74) is 4.73. The SMILES string of the molecule is CCCCn1c(=NC(=O)c2cc(C(F)(F)F)ccc2OC[C@H](C)OC(=O)[C@@H](N)CC(=O)O)sc2ccncc21. The molecule has 39 heavy (non-hydrogen) atoms. The van der Waals surface area contributed by atoms with E-state index in [0.29, 0.717) is 17.4 Å². The molecule has 14 heteroatoms. The quantitative estimate of drug-likeness (QED) is 0.333. The number of nitrogens with two attached hydrogens (primary N) is 1. The summed E-state index contributed by atoms with van der Waals surface area (Å²) in [6.07, 6.45) is -1.44. The summed E-state index contributed by atoms with van der Waals surface area (Å²) in [4.78, 5) is 44.5. The zero-order valence-corrected chi connectivity index (χ0v) is 21.9. The second kappa shape index (κ2) is 12.8. The third kappa shape index (κ3) is 7.86. The highest BCUT2D eigenvalue weighted by molar-refractivity contribution is 7.16. The fourth-order valence-corrected chi connectivity index (χ4v) is 4.50. The maximum Gasteiger partial charge on any atom is 0.416 e. The van der Waals surface area contributed by atoms with E-state index in [0.717, 1.165) is 35.2 Å². The van der Waals surface area contributed by atoms with Gasteiger partial charge in [-0.05, 0) is 37.6 Å². The number of thiazole rings is 1. The van der Waals surface area contributed by atoms with Crippen molar-refractivity contribution in [1.29, 1.82) is 0 Å². The zero-order chi connectivity index (χ0) is 28.7. The van der Waals surface area contributed by atoms with Crippen molar-refractivity contribution in [3.05, 3.63) is 52.6 Å². The number of alkyl halides is 3. The highest BCUT2D eigenvalue weighted by atomic mass is 32.1. The molecule has 2 atom stereocenters. The van der Waals surface area contributed by atoms with Gasteiger partial charge >= 0.3 is 18.1 Å². The number of hydrogen-bond donors (Lipinski definition) is 2. The van der Waals surface area contributed by atoms with Crippen LogP contribution in [0.15, 0.2) is 41.7 Å². The van der Waals surface area contributed by atoms with Gasteiger partial charge in [0.25, 0.3) is 5.91 Å². The van der Waals surface area contributed by atoms with E-state index >= 15 is 0 Å². The molecule has 3 rings (SSSR count). The van der Waals surface area contributed by atoms with Gasteiger partial charge in [-0.25, -0.2) is 0 Å². The Morgan fingerprint density at radius 1 is 1.26 bits per heavy atom. The third-order valence-corrected chi connectivity index (χ3v) is 6.50. The first-order valence-corrected chi connectivity index (χ1v) is 12.8. The zero-order valence-electron chi connectivity index (χ0n) is 21.1. The number of aliphatic carboxylic acids is 1. The summed E-state index contributed by atoms with van der Waals surface area (Å²) >= 11 is 1.21. The van der Waals surface area contributed by atoms with Gasteiger partial charge in [-0.2, -0.15) is 18.2 Å². The Labute approximate surface area is 224 Å². The standard InChI is InChI=1S/C25H27F3N4O6S/c1-3-4-9-32-18-12-30-8-7-20(18)39-24(32)31-22(35)16-10-15(25(26,27)28)5-6-19(16)37-13-14(2)38-23(36)17(29)11-21(33)34/h5-8,10,12,14,17H,3-4,9,11,13,29H2,1-2H3,(H,33,34)/t14-,17-/m0/s1. The molecule has 1 aromatic carbocycles. The summed E-state index contributed by atoms with van der Waals surface area (Å²) in [6.45, 7) is 3.61. The first kappa shape index (κ1) is 29.8. The van der Waals surface area contributed by atoms with Crippen LogP contribution in [-0.4, -0.2) is 51.3 Å². The normalized spacial score (nSPS) is 13.7. The van der Waals surface area contributed by atoms with Crippen LogP contribution >= 0.6 is 11.3 Å². The monoisotopic (exact) mass is 568 g/mol. The molecule has 0 saturated heterocycles. The second-order valence-electron chi connectivity index (χ2n) is 8.62. The average molecular weight is 569 g/mol. The number of carboxylic acid groups (broad SMARTS) is 1. The maximum absolute atomic E-state index is 13.5. The van der Waals surface area contributed by atoms with Crippen LogP contribution in [0.2, 0.25) is 0 Å². The minimum absolute atomic E-state index is 0.197. The molecule has 2 heterocycles. The van der Waals surface area contributed by atoms with Gasteiger partial charge in [0.2, 0.25) is 0 Å². The van der Waals surface area contributed by atoms with Crippen molar-refractivity contribution in [2.45, 2.75) is 58.0 Å². The van der Waals surface area contributed by atoms with Crippen LogP contribution < -0.4 is 15.3 Å². The lowest BCUT2D eigenvalue weighted by atomic mass is 10.1. The molecule has 0 aliphatic rings. The lowest BCUT2D eigenvalue weighted by Gasteiger charge is -2.18. The number of carbonyl (C=O) groups excluding carboxylic acids is 2. The van der Waals surface area contributed by atoms with Gasteiger partial charge in [-0.3, -0.25) is 19.4 Å². The van der Waals surface area contributed by atoms with E-state index in [2.05, 4.69) is 9.98 Å². The van der Waals surface area contributed by atoms with Gasteiger partial charge < -0.3 is 24.9 Å². The largest absolute Gasteiger partial charge is 0.489 e. The number of unbranched alkanes of at least 4 members (excludes halogenated alkanes) is 1. The summed E-state index contributed by atoms with van der Waals surface area (Å²) in [5.74, 6) is -3.42. The van der Waals surface area contributed by atoms with Gasteiger partial charge in [-0.15, -0.1) is 0 Å². The number of fused-ring (bicyclic) bond motifs is 1. The molecule has 0 aliphatic carbocycles. The molecule has 3 N–H and O–H groups in total. The molecular weight excluding hydrogens is 541 g/mol. The van der Waals surface area contributed by atoms with E-state index < -0.39 is 53.7 Å². The Hall–Kier alpha value is -3.78. The molecule has 0 radical (unpaired) electrons. The molecule has 0 saturated carbocycles. The highest BCUT2D eigenvalue weighted by Crippen LogP contribution is 2.33. The molecule has 0 fully saturated rings. The molecule has 10 nitrogen and oxygen atoms in total. The number of nitrogens with zero attached hydrogens (tertiary/aromatic N) is 3. The number of amides is 1. The van der Waals surface area contributed by atoms with Crippen LogP contribution in [0.3, 0.4) is 0 Å². The van der Waals surface area contributed by atoms with Crippen LogP contribution in [0.4, 0.5) is 13.2 Å². The van der Waals surface area contributed by atoms with Crippen molar-refractivity contribution >= 4 is 39.4 Å². The fourth-order valence-electron chi connectivity index (χ4n) is 3.48. The van der Waals surface area contributed by atoms with Crippen molar-refractivity contribution in [2.24, 2.45) is 10.7 Å². The third-order valence-electron chi connectivity index (χ3n) is 5.44. The van der Waals surface area contributed by atoms with Crippen LogP contribution in [0.25, 0.3) is 10.2 Å². The Bertz CT molecular complexity index is 1420. The van der Waals surface area contributed by atoms with Crippen molar-refractivity contribution in [3.8, 4) is 5.75 Å². The predicted octanol–water partition coefficient (Wildman–Crippen LogP) is 3.77. The number of aromatic nitrogens is 2. The number of esters is 1. The van der Waals surface area contributed by atoms with Gasteiger partial charge in [0.15, 0.2) is 4.80 Å². The first-order valence-electron chi connectivity index (χ1n) is 11.9. The summed E-state index contributed by atoms with van der Waals surface area (Å²) in [7, 11) is 0. The number of benzene rings is 1. The minimum Gasteiger partial charge on any atom is -0.489 e. The Kier molecular flexibility index (Phi) is 9.81. The van der Waals surface area contributed by atoms with E-state index in [1.54, 1.807) is 23.0 Å². The van der Waals surface area contributed by atoms with Gasteiger partial charge in [0.1, 0.15) is 24.5 Å². The summed E-state index contributed by atoms with van der Waals surface area (Å²) in [5, 5.41) is 8.75. The number of hydrogen-bond acceptors (Lipinski definition) is 8. The number of carbonyl (C=O) groups is 3. The molecule has 210 valence electrons. The summed E-state index contributed by atoms with van der Waals surface area (Å²) < 4.78 is 53.6. The van der Waals surface area contributed by atoms with Crippen molar-refractivity contribution < 1.29 is 42.1 Å².